The molecule has 1 aromatic carbocycles. The maximum atomic E-state index is 10.8. The van der Waals surface area contributed by atoms with E-state index in [-0.39, 0.29) is 11.7 Å². The molecule has 0 amide bonds. The number of aryl methyl sites for hydroxylation is 1. The number of hydrogen-bond acceptors (Lipinski definition) is 4. The second kappa shape index (κ2) is 4.81. The highest BCUT2D eigenvalue weighted by atomic mass is 16.6. The molecular weight excluding hydrogens is 244 g/mol. The van der Waals surface area contributed by atoms with Gasteiger partial charge < -0.3 is 5.73 Å². The van der Waals surface area contributed by atoms with E-state index in [9.17, 15) is 10.1 Å². The normalized spacial score (nSPS) is 12.4. The summed E-state index contributed by atoms with van der Waals surface area (Å²) in [6.45, 7) is 5.70. The standard InChI is InChI=1S/C13H16N4O2/c1-8(14)13-9(2)15-16(10(13)3)11-5-4-6-12(7-11)17(18)19/h4-8H,14H2,1-3H3. The van der Waals surface area contributed by atoms with Crippen LogP contribution in [0, 0.1) is 24.0 Å². The van der Waals surface area contributed by atoms with Gasteiger partial charge >= 0.3 is 0 Å². The first-order chi connectivity index (χ1) is 8.91. The van der Waals surface area contributed by atoms with Crippen molar-refractivity contribution in [3.63, 3.8) is 0 Å². The van der Waals surface area contributed by atoms with Crippen molar-refractivity contribution in [1.82, 2.24) is 9.78 Å². The molecule has 19 heavy (non-hydrogen) atoms. The molecule has 0 spiro atoms. The average Bonchev–Trinajstić information content (AvgIpc) is 2.65. The molecule has 0 saturated carbocycles. The first-order valence-electron chi connectivity index (χ1n) is 5.98. The number of nitro benzene ring substituents is 1. The van der Waals surface area contributed by atoms with Gasteiger partial charge in [0.15, 0.2) is 0 Å². The van der Waals surface area contributed by atoms with Crippen LogP contribution >= 0.6 is 0 Å². The van der Waals surface area contributed by atoms with Gasteiger partial charge in [0.05, 0.1) is 16.3 Å². The van der Waals surface area contributed by atoms with Crippen molar-refractivity contribution in [2.45, 2.75) is 26.8 Å². The second-order valence-corrected chi connectivity index (χ2v) is 4.56. The van der Waals surface area contributed by atoms with Crippen LogP contribution in [0.15, 0.2) is 24.3 Å². The fourth-order valence-electron chi connectivity index (χ4n) is 2.30. The van der Waals surface area contributed by atoms with E-state index in [1.54, 1.807) is 16.8 Å². The third kappa shape index (κ3) is 2.34. The lowest BCUT2D eigenvalue weighted by Crippen LogP contribution is -2.08. The van der Waals surface area contributed by atoms with Gasteiger partial charge in [0.25, 0.3) is 5.69 Å². The molecule has 2 N–H and O–H groups in total. The molecular formula is C13H16N4O2. The van der Waals surface area contributed by atoms with E-state index in [4.69, 9.17) is 5.73 Å². The topological polar surface area (TPSA) is 87.0 Å². The Morgan fingerprint density at radius 2 is 2.11 bits per heavy atom. The molecule has 0 aliphatic rings. The molecule has 1 atom stereocenters. The van der Waals surface area contributed by atoms with Crippen molar-refractivity contribution in [1.29, 1.82) is 0 Å². The Morgan fingerprint density at radius 1 is 1.42 bits per heavy atom. The highest BCUT2D eigenvalue weighted by Gasteiger charge is 2.16. The second-order valence-electron chi connectivity index (χ2n) is 4.56. The summed E-state index contributed by atoms with van der Waals surface area (Å²) in [5.41, 5.74) is 9.37. The van der Waals surface area contributed by atoms with Gasteiger partial charge in [-0.2, -0.15) is 5.10 Å². The molecule has 0 aliphatic heterocycles. The lowest BCUT2D eigenvalue weighted by molar-refractivity contribution is -0.384. The number of hydrogen-bond donors (Lipinski definition) is 1. The van der Waals surface area contributed by atoms with Gasteiger partial charge in [-0.15, -0.1) is 0 Å². The molecule has 100 valence electrons. The summed E-state index contributed by atoms with van der Waals surface area (Å²) < 4.78 is 1.70. The Labute approximate surface area is 111 Å². The zero-order chi connectivity index (χ0) is 14.2. The Balaban J connectivity index is 2.57. The molecule has 0 aliphatic carbocycles. The number of nitrogens with two attached hydrogens (primary N) is 1. The van der Waals surface area contributed by atoms with E-state index >= 15 is 0 Å². The van der Waals surface area contributed by atoms with E-state index in [2.05, 4.69) is 5.10 Å². The predicted molar refractivity (Wildman–Crippen MR) is 72.3 cm³/mol. The van der Waals surface area contributed by atoms with Gasteiger partial charge in [-0.25, -0.2) is 4.68 Å². The molecule has 0 saturated heterocycles. The molecule has 1 aromatic heterocycles. The number of rotatable bonds is 3. The van der Waals surface area contributed by atoms with Crippen LogP contribution in [-0.2, 0) is 0 Å². The summed E-state index contributed by atoms with van der Waals surface area (Å²) >= 11 is 0. The minimum Gasteiger partial charge on any atom is -0.324 e. The van der Waals surface area contributed by atoms with Gasteiger partial charge in [-0.05, 0) is 26.8 Å². The third-order valence-corrected chi connectivity index (χ3v) is 3.09. The maximum absolute atomic E-state index is 10.8. The van der Waals surface area contributed by atoms with E-state index in [1.165, 1.54) is 12.1 Å². The zero-order valence-corrected chi connectivity index (χ0v) is 11.1. The van der Waals surface area contributed by atoms with Gasteiger partial charge in [0.2, 0.25) is 0 Å². The number of non-ortho nitro benzene ring substituents is 1. The van der Waals surface area contributed by atoms with E-state index in [0.717, 1.165) is 17.0 Å². The van der Waals surface area contributed by atoms with E-state index in [1.807, 2.05) is 20.8 Å². The SMILES string of the molecule is Cc1nn(-c2cccc([N+](=O)[O-])c2)c(C)c1C(C)N. The average molecular weight is 260 g/mol. The van der Waals surface area contributed by atoms with Crippen LogP contribution < -0.4 is 5.73 Å². The minimum atomic E-state index is -0.415. The monoisotopic (exact) mass is 260 g/mol. The van der Waals surface area contributed by atoms with Crippen molar-refractivity contribution in [2.24, 2.45) is 5.73 Å². The Kier molecular flexibility index (Phi) is 3.35. The fraction of sp³-hybridized carbons (Fsp3) is 0.308. The molecule has 1 unspecified atom stereocenters. The summed E-state index contributed by atoms with van der Waals surface area (Å²) in [5.74, 6) is 0. The highest BCUT2D eigenvalue weighted by molar-refractivity contribution is 5.45. The van der Waals surface area contributed by atoms with Crippen LogP contribution in [0.25, 0.3) is 5.69 Å². The van der Waals surface area contributed by atoms with E-state index in [0.29, 0.717) is 5.69 Å². The summed E-state index contributed by atoms with van der Waals surface area (Å²) in [6, 6.07) is 6.28. The predicted octanol–water partition coefficient (Wildman–Crippen LogP) is 2.42. The molecule has 6 nitrogen and oxygen atoms in total. The molecule has 0 fully saturated rings. The van der Waals surface area contributed by atoms with Crippen molar-refractivity contribution >= 4 is 5.69 Å². The maximum Gasteiger partial charge on any atom is 0.271 e. The quantitative estimate of drug-likeness (QED) is 0.678. The van der Waals surface area contributed by atoms with Crippen LogP contribution in [0.4, 0.5) is 5.69 Å². The van der Waals surface area contributed by atoms with E-state index < -0.39 is 4.92 Å². The van der Waals surface area contributed by atoms with Crippen molar-refractivity contribution in [3.05, 3.63) is 51.3 Å². The number of aromatic nitrogens is 2. The summed E-state index contributed by atoms with van der Waals surface area (Å²) in [5, 5.41) is 15.2. The molecule has 0 bridgehead atoms. The Bertz CT molecular complexity index is 632. The van der Waals surface area contributed by atoms with Gasteiger partial charge in [-0.3, -0.25) is 10.1 Å². The lowest BCUT2D eigenvalue weighted by atomic mass is 10.1. The molecule has 1 heterocycles. The van der Waals surface area contributed by atoms with Gasteiger partial charge in [-0.1, -0.05) is 6.07 Å². The Morgan fingerprint density at radius 3 is 2.63 bits per heavy atom. The molecule has 0 radical (unpaired) electrons. The largest absolute Gasteiger partial charge is 0.324 e. The Hall–Kier alpha value is -2.21. The van der Waals surface area contributed by atoms with Crippen molar-refractivity contribution < 1.29 is 4.92 Å². The zero-order valence-electron chi connectivity index (χ0n) is 11.1. The molecule has 2 rings (SSSR count). The first kappa shape index (κ1) is 13.2. The molecule has 6 heteroatoms. The van der Waals surface area contributed by atoms with Crippen LogP contribution in [0.2, 0.25) is 0 Å². The van der Waals surface area contributed by atoms with Gasteiger partial charge in [0.1, 0.15) is 0 Å². The van der Waals surface area contributed by atoms with Crippen LogP contribution in [0.1, 0.15) is 29.9 Å². The van der Waals surface area contributed by atoms with Crippen LogP contribution in [0.5, 0.6) is 0 Å². The third-order valence-electron chi connectivity index (χ3n) is 3.09. The van der Waals surface area contributed by atoms with Crippen LogP contribution in [0.3, 0.4) is 0 Å². The summed E-state index contributed by atoms with van der Waals surface area (Å²) in [7, 11) is 0. The highest BCUT2D eigenvalue weighted by Crippen LogP contribution is 2.24. The first-order valence-corrected chi connectivity index (χ1v) is 5.98. The number of nitrogens with zero attached hydrogens (tertiary/aromatic N) is 3. The lowest BCUT2D eigenvalue weighted by Gasteiger charge is -2.07. The van der Waals surface area contributed by atoms with Crippen molar-refractivity contribution in [3.8, 4) is 5.69 Å². The number of benzene rings is 1. The van der Waals surface area contributed by atoms with Crippen LogP contribution in [-0.4, -0.2) is 14.7 Å². The minimum absolute atomic E-state index is 0.0485. The smallest absolute Gasteiger partial charge is 0.271 e. The molecule has 2 aromatic rings. The number of nitro groups is 1. The van der Waals surface area contributed by atoms with Crippen molar-refractivity contribution in [2.75, 3.05) is 0 Å². The fourth-order valence-corrected chi connectivity index (χ4v) is 2.30. The van der Waals surface area contributed by atoms with Gasteiger partial charge in [0, 0.05) is 29.4 Å². The summed E-state index contributed by atoms with van der Waals surface area (Å²) in [4.78, 5) is 10.4. The summed E-state index contributed by atoms with van der Waals surface area (Å²) in [6.07, 6.45) is 0.